The highest BCUT2D eigenvalue weighted by Gasteiger charge is 2.39. The molecule has 2 aromatic carbocycles. The number of hydrogen-bond acceptors (Lipinski definition) is 9. The first-order chi connectivity index (χ1) is 15.3. The van der Waals surface area contributed by atoms with Gasteiger partial charge in [0.15, 0.2) is 6.10 Å². The van der Waals surface area contributed by atoms with Crippen LogP contribution in [-0.4, -0.2) is 47.0 Å². The number of imide groups is 1. The molecule has 0 saturated carbocycles. The number of aryl methyl sites for hydroxylation is 1. The molecule has 1 atom stereocenters. The summed E-state index contributed by atoms with van der Waals surface area (Å²) in [4.78, 5) is 51.5. The van der Waals surface area contributed by atoms with E-state index in [9.17, 15) is 19.2 Å². The summed E-state index contributed by atoms with van der Waals surface area (Å²) in [6.45, 7) is 3.17. The summed E-state index contributed by atoms with van der Waals surface area (Å²) in [6.07, 6.45) is -1.05. The fourth-order valence-electron chi connectivity index (χ4n) is 3.19. The number of nitrogens with zero attached hydrogens (tertiary/aromatic N) is 3. The zero-order valence-electron chi connectivity index (χ0n) is 17.3. The zero-order valence-corrected chi connectivity index (χ0v) is 18.1. The maximum absolute atomic E-state index is 12.8. The largest absolute Gasteiger partial charge is 0.497 e. The normalized spacial score (nSPS) is 13.7. The summed E-state index contributed by atoms with van der Waals surface area (Å²) in [5.41, 5.74) is 0.631. The number of methoxy groups -OCH3 is 1. The molecule has 32 heavy (non-hydrogen) atoms. The Bertz CT molecular complexity index is 1250. The SMILES string of the molecule is COc1ccc(C(=O)[C@H](C)OC(=O)c2ccc3c(c2)C(=O)N(c2nnc(C)s2)C3=O)cc1. The molecule has 0 radical (unpaired) electrons. The van der Waals surface area contributed by atoms with Gasteiger partial charge in [-0.3, -0.25) is 14.4 Å². The number of ketones is 1. The number of hydrogen-bond donors (Lipinski definition) is 0. The molecule has 0 bridgehead atoms. The highest BCUT2D eigenvalue weighted by atomic mass is 32.1. The third kappa shape index (κ3) is 3.76. The van der Waals surface area contributed by atoms with E-state index in [4.69, 9.17) is 9.47 Å². The van der Waals surface area contributed by atoms with Crippen molar-refractivity contribution in [2.75, 3.05) is 12.0 Å². The molecule has 1 aromatic heterocycles. The Balaban J connectivity index is 1.51. The van der Waals surface area contributed by atoms with E-state index in [1.54, 1.807) is 31.2 Å². The van der Waals surface area contributed by atoms with Crippen molar-refractivity contribution < 1.29 is 28.7 Å². The van der Waals surface area contributed by atoms with Crippen molar-refractivity contribution in [1.82, 2.24) is 10.2 Å². The summed E-state index contributed by atoms with van der Waals surface area (Å²) in [5.74, 6) is -1.71. The van der Waals surface area contributed by atoms with E-state index < -0.39 is 23.9 Å². The van der Waals surface area contributed by atoms with Crippen LogP contribution < -0.4 is 9.64 Å². The van der Waals surface area contributed by atoms with Gasteiger partial charge in [-0.25, -0.2) is 9.69 Å². The quantitative estimate of drug-likeness (QED) is 0.319. The van der Waals surface area contributed by atoms with Gasteiger partial charge in [0, 0.05) is 5.56 Å². The molecule has 9 nitrogen and oxygen atoms in total. The van der Waals surface area contributed by atoms with Gasteiger partial charge >= 0.3 is 5.97 Å². The van der Waals surface area contributed by atoms with Gasteiger partial charge in [0.25, 0.3) is 11.8 Å². The maximum atomic E-state index is 12.8. The number of carbonyl (C=O) groups is 4. The van der Waals surface area contributed by atoms with Gasteiger partial charge in [-0.15, -0.1) is 10.2 Å². The van der Waals surface area contributed by atoms with Crippen LogP contribution in [0.2, 0.25) is 0 Å². The molecule has 10 heteroatoms. The van der Waals surface area contributed by atoms with Crippen LogP contribution in [-0.2, 0) is 4.74 Å². The van der Waals surface area contributed by atoms with Crippen LogP contribution in [0.5, 0.6) is 5.75 Å². The predicted octanol–water partition coefficient (Wildman–Crippen LogP) is 3.08. The molecule has 0 N–H and O–H groups in total. The summed E-state index contributed by atoms with van der Waals surface area (Å²) in [6, 6.07) is 10.5. The molecule has 1 aliphatic heterocycles. The molecule has 2 amide bonds. The van der Waals surface area contributed by atoms with Crippen molar-refractivity contribution in [2.45, 2.75) is 20.0 Å². The van der Waals surface area contributed by atoms with Gasteiger partial charge in [-0.1, -0.05) is 11.3 Å². The molecular formula is C22H17N3O6S. The van der Waals surface area contributed by atoms with Crippen LogP contribution in [0, 0.1) is 6.92 Å². The van der Waals surface area contributed by atoms with Gasteiger partial charge < -0.3 is 9.47 Å². The van der Waals surface area contributed by atoms with Crippen molar-refractivity contribution in [3.05, 3.63) is 69.7 Å². The van der Waals surface area contributed by atoms with E-state index in [1.807, 2.05) is 0 Å². The Kier molecular flexibility index (Phi) is 5.54. The molecule has 0 unspecified atom stereocenters. The van der Waals surface area contributed by atoms with Crippen molar-refractivity contribution in [3.8, 4) is 5.75 Å². The van der Waals surface area contributed by atoms with Crippen LogP contribution in [0.25, 0.3) is 0 Å². The first-order valence-corrected chi connectivity index (χ1v) is 10.3. The standard InChI is InChI=1S/C22H17N3O6S/c1-11(18(26)13-4-7-15(30-3)8-5-13)31-21(29)14-6-9-16-17(10-14)20(28)25(19(16)27)22-24-23-12(2)32-22/h4-11H,1-3H3/t11-/m0/s1. The van der Waals surface area contributed by atoms with Gasteiger partial charge in [0.2, 0.25) is 10.9 Å². The first-order valence-electron chi connectivity index (χ1n) is 9.52. The molecule has 0 aliphatic carbocycles. The molecule has 3 aromatic rings. The Hall–Kier alpha value is -3.92. The molecule has 0 spiro atoms. The summed E-state index contributed by atoms with van der Waals surface area (Å²) in [5, 5.41) is 8.46. The maximum Gasteiger partial charge on any atom is 0.338 e. The minimum Gasteiger partial charge on any atom is -0.497 e. The first kappa shape index (κ1) is 21.3. The van der Waals surface area contributed by atoms with Crippen molar-refractivity contribution in [1.29, 1.82) is 0 Å². The number of ether oxygens (including phenoxy) is 2. The van der Waals surface area contributed by atoms with E-state index in [0.29, 0.717) is 16.3 Å². The van der Waals surface area contributed by atoms with Gasteiger partial charge in [-0.2, -0.15) is 0 Å². The van der Waals surface area contributed by atoms with E-state index >= 15 is 0 Å². The third-order valence-corrected chi connectivity index (χ3v) is 5.68. The summed E-state index contributed by atoms with van der Waals surface area (Å²) < 4.78 is 10.4. The lowest BCUT2D eigenvalue weighted by Gasteiger charge is -2.13. The van der Waals surface area contributed by atoms with E-state index in [-0.39, 0.29) is 27.6 Å². The number of carbonyl (C=O) groups excluding carboxylic acids is 4. The second kappa shape index (κ2) is 8.31. The number of amides is 2. The average molecular weight is 451 g/mol. The number of anilines is 1. The summed E-state index contributed by atoms with van der Waals surface area (Å²) >= 11 is 1.11. The Morgan fingerprint density at radius 2 is 1.62 bits per heavy atom. The Morgan fingerprint density at radius 1 is 0.969 bits per heavy atom. The Labute approximate surface area is 186 Å². The highest BCUT2D eigenvalue weighted by molar-refractivity contribution is 7.15. The van der Waals surface area contributed by atoms with Crippen LogP contribution in [0.1, 0.15) is 53.4 Å². The number of Topliss-reactive ketones (excluding diaryl/α,β-unsaturated/α-hetero) is 1. The third-order valence-electron chi connectivity index (χ3n) is 4.86. The van der Waals surface area contributed by atoms with Crippen molar-refractivity contribution >= 4 is 40.0 Å². The lowest BCUT2D eigenvalue weighted by atomic mass is 10.1. The average Bonchev–Trinajstić information content (AvgIpc) is 3.33. The second-order valence-electron chi connectivity index (χ2n) is 6.95. The van der Waals surface area contributed by atoms with Crippen molar-refractivity contribution in [2.24, 2.45) is 0 Å². The fraction of sp³-hybridized carbons (Fsp3) is 0.182. The minimum atomic E-state index is -1.05. The summed E-state index contributed by atoms with van der Waals surface area (Å²) in [7, 11) is 1.52. The number of fused-ring (bicyclic) bond motifs is 1. The lowest BCUT2D eigenvalue weighted by molar-refractivity contribution is 0.0318. The van der Waals surface area contributed by atoms with Gasteiger partial charge in [0.1, 0.15) is 10.8 Å². The minimum absolute atomic E-state index is 0.0505. The number of benzene rings is 2. The molecule has 2 heterocycles. The molecule has 162 valence electrons. The monoisotopic (exact) mass is 451 g/mol. The topological polar surface area (TPSA) is 116 Å². The van der Waals surface area contributed by atoms with Gasteiger partial charge in [0.05, 0.1) is 23.8 Å². The molecule has 1 aliphatic rings. The van der Waals surface area contributed by atoms with Crippen LogP contribution in [0.4, 0.5) is 5.13 Å². The second-order valence-corrected chi connectivity index (χ2v) is 8.11. The molecule has 0 fully saturated rings. The van der Waals surface area contributed by atoms with E-state index in [2.05, 4.69) is 10.2 Å². The lowest BCUT2D eigenvalue weighted by Crippen LogP contribution is -2.29. The number of rotatable bonds is 6. The number of aromatic nitrogens is 2. The van der Waals surface area contributed by atoms with Crippen LogP contribution >= 0.6 is 11.3 Å². The van der Waals surface area contributed by atoms with Crippen LogP contribution in [0.15, 0.2) is 42.5 Å². The molecule has 0 saturated heterocycles. The van der Waals surface area contributed by atoms with Gasteiger partial charge in [-0.05, 0) is 56.3 Å². The van der Waals surface area contributed by atoms with E-state index in [0.717, 1.165) is 16.2 Å². The van der Waals surface area contributed by atoms with E-state index in [1.165, 1.54) is 32.2 Å². The fourth-order valence-corrected chi connectivity index (χ4v) is 3.87. The molecular weight excluding hydrogens is 434 g/mol. The zero-order chi connectivity index (χ0) is 23.0. The predicted molar refractivity (Wildman–Crippen MR) is 114 cm³/mol. The highest BCUT2D eigenvalue weighted by Crippen LogP contribution is 2.31. The van der Waals surface area contributed by atoms with Crippen molar-refractivity contribution in [3.63, 3.8) is 0 Å². The molecule has 4 rings (SSSR count). The number of esters is 1. The Morgan fingerprint density at radius 3 is 2.25 bits per heavy atom. The smallest absolute Gasteiger partial charge is 0.338 e. The van der Waals surface area contributed by atoms with Crippen LogP contribution in [0.3, 0.4) is 0 Å².